The van der Waals surface area contributed by atoms with Crippen LogP contribution in [0.15, 0.2) is 18.2 Å². The van der Waals surface area contributed by atoms with E-state index in [2.05, 4.69) is 16.4 Å². The molecule has 2 fully saturated rings. The summed E-state index contributed by atoms with van der Waals surface area (Å²) in [5.41, 5.74) is 2.51. The number of hydrogen-bond acceptors (Lipinski definition) is 3. The predicted molar refractivity (Wildman–Crippen MR) is 114 cm³/mol. The number of nitrogens with zero attached hydrogens (tertiary/aromatic N) is 2. The van der Waals surface area contributed by atoms with Crippen LogP contribution in [-0.4, -0.2) is 33.8 Å². The maximum Gasteiger partial charge on any atom is 0.226 e. The maximum atomic E-state index is 13.5. The van der Waals surface area contributed by atoms with Gasteiger partial charge in [0.1, 0.15) is 5.54 Å². The highest BCUT2D eigenvalue weighted by Gasteiger charge is 2.47. The number of nitrogens with one attached hydrogen (secondary N) is 2. The third-order valence-corrected chi connectivity index (χ3v) is 7.33. The summed E-state index contributed by atoms with van der Waals surface area (Å²) in [4.78, 5) is 31.8. The number of hydrogen-bond donors (Lipinski definition) is 2. The first kappa shape index (κ1) is 19.4. The van der Waals surface area contributed by atoms with Crippen molar-refractivity contribution in [3.8, 4) is 6.07 Å². The van der Waals surface area contributed by atoms with Gasteiger partial charge in [-0.2, -0.15) is 5.26 Å². The first-order chi connectivity index (χ1) is 14.5. The van der Waals surface area contributed by atoms with E-state index in [9.17, 15) is 14.9 Å². The molecule has 0 spiro atoms. The van der Waals surface area contributed by atoms with Gasteiger partial charge in [0.05, 0.1) is 16.6 Å². The standard InChI is InChI=1S/C23H25ClN4O2/c24-18-7-3-6-14-17-12-28(11-8-19(17)26-20(14)18)22(30)16-5-2-1-4-15(16)21(29)27-23(13-25)9-10-23/h3,6-7,15-16,26H,1-2,4-5,8-12H2,(H,27,29)/t15-,16?/m1/s1. The summed E-state index contributed by atoms with van der Waals surface area (Å²) < 4.78 is 0. The number of amides is 2. The second-order valence-electron chi connectivity index (χ2n) is 8.93. The van der Waals surface area contributed by atoms with Gasteiger partial charge in [0, 0.05) is 48.0 Å². The number of benzene rings is 1. The molecule has 0 saturated heterocycles. The monoisotopic (exact) mass is 424 g/mol. The van der Waals surface area contributed by atoms with Crippen molar-refractivity contribution in [2.45, 2.75) is 57.0 Å². The Labute approximate surface area is 180 Å². The number of H-pyrrole nitrogens is 1. The molecule has 30 heavy (non-hydrogen) atoms. The summed E-state index contributed by atoms with van der Waals surface area (Å²) in [7, 11) is 0. The van der Waals surface area contributed by atoms with Gasteiger partial charge in [-0.15, -0.1) is 0 Å². The molecular formula is C23H25ClN4O2. The van der Waals surface area contributed by atoms with Gasteiger partial charge in [0.25, 0.3) is 0 Å². The number of fused-ring (bicyclic) bond motifs is 3. The third kappa shape index (κ3) is 3.26. The van der Waals surface area contributed by atoms with Crippen LogP contribution in [0.2, 0.25) is 5.02 Å². The molecule has 156 valence electrons. The molecule has 7 heteroatoms. The number of carbonyl (C=O) groups excluding carboxylic acids is 2. The average Bonchev–Trinajstić information content (AvgIpc) is 3.44. The topological polar surface area (TPSA) is 89.0 Å². The smallest absolute Gasteiger partial charge is 0.226 e. The molecule has 3 aliphatic rings. The molecule has 6 nitrogen and oxygen atoms in total. The predicted octanol–water partition coefficient (Wildman–Crippen LogP) is 3.68. The molecule has 5 rings (SSSR count). The van der Waals surface area contributed by atoms with Crippen LogP contribution >= 0.6 is 11.6 Å². The molecule has 1 aromatic carbocycles. The summed E-state index contributed by atoms with van der Waals surface area (Å²) in [6, 6.07) is 8.06. The molecule has 2 aliphatic carbocycles. The van der Waals surface area contributed by atoms with Gasteiger partial charge in [-0.3, -0.25) is 9.59 Å². The van der Waals surface area contributed by atoms with Gasteiger partial charge in [0.15, 0.2) is 0 Å². The number of rotatable bonds is 3. The van der Waals surface area contributed by atoms with Crippen molar-refractivity contribution in [3.63, 3.8) is 0 Å². The molecule has 2 N–H and O–H groups in total. The van der Waals surface area contributed by atoms with Crippen molar-refractivity contribution < 1.29 is 9.59 Å². The molecule has 2 atom stereocenters. The summed E-state index contributed by atoms with van der Waals surface area (Å²) >= 11 is 6.34. The lowest BCUT2D eigenvalue weighted by Gasteiger charge is -2.36. The Hall–Kier alpha value is -2.52. The minimum atomic E-state index is -0.689. The van der Waals surface area contributed by atoms with Crippen LogP contribution in [0, 0.1) is 23.2 Å². The van der Waals surface area contributed by atoms with Gasteiger partial charge in [-0.1, -0.05) is 36.6 Å². The quantitative estimate of drug-likeness (QED) is 0.787. The second-order valence-corrected chi connectivity index (χ2v) is 9.34. The van der Waals surface area contributed by atoms with Crippen LogP contribution in [0.1, 0.15) is 49.8 Å². The second kappa shape index (κ2) is 7.31. The molecule has 1 aliphatic heterocycles. The van der Waals surface area contributed by atoms with E-state index < -0.39 is 5.54 Å². The number of nitriles is 1. The third-order valence-electron chi connectivity index (χ3n) is 7.02. The fourth-order valence-corrected chi connectivity index (χ4v) is 5.31. The van der Waals surface area contributed by atoms with Crippen molar-refractivity contribution in [3.05, 3.63) is 34.5 Å². The molecular weight excluding hydrogens is 400 g/mol. The zero-order chi connectivity index (χ0) is 20.9. The van der Waals surface area contributed by atoms with E-state index in [4.69, 9.17) is 11.6 Å². The molecule has 1 aromatic heterocycles. The number of para-hydroxylation sites is 1. The number of aromatic amines is 1. The van der Waals surface area contributed by atoms with Gasteiger partial charge < -0.3 is 15.2 Å². The number of aromatic nitrogens is 1. The van der Waals surface area contributed by atoms with Crippen LogP contribution in [0.5, 0.6) is 0 Å². The number of halogens is 1. The molecule has 2 saturated carbocycles. The fraction of sp³-hybridized carbons (Fsp3) is 0.522. The van der Waals surface area contributed by atoms with E-state index in [0.717, 1.165) is 47.8 Å². The minimum Gasteiger partial charge on any atom is -0.357 e. The van der Waals surface area contributed by atoms with Crippen molar-refractivity contribution >= 4 is 34.3 Å². The van der Waals surface area contributed by atoms with Crippen LogP contribution in [0.4, 0.5) is 0 Å². The Morgan fingerprint density at radius 2 is 2.00 bits per heavy atom. The lowest BCUT2D eigenvalue weighted by molar-refractivity contribution is -0.144. The summed E-state index contributed by atoms with van der Waals surface area (Å²) in [5, 5.41) is 14.0. The van der Waals surface area contributed by atoms with E-state index in [1.165, 1.54) is 0 Å². The minimum absolute atomic E-state index is 0.0682. The van der Waals surface area contributed by atoms with Crippen molar-refractivity contribution in [1.29, 1.82) is 5.26 Å². The van der Waals surface area contributed by atoms with Gasteiger partial charge in [-0.05, 0) is 31.7 Å². The van der Waals surface area contributed by atoms with Gasteiger partial charge >= 0.3 is 0 Å². The Morgan fingerprint density at radius 1 is 1.23 bits per heavy atom. The molecule has 2 amide bonds. The van der Waals surface area contributed by atoms with E-state index in [1.54, 1.807) is 0 Å². The first-order valence-electron chi connectivity index (χ1n) is 10.8. The Balaban J connectivity index is 1.36. The SMILES string of the molecule is N#CC1(NC(=O)[C@@H]2CCCCC2C(=O)N2CCc3[nH]c4c(Cl)cccc4c3C2)CC1. The van der Waals surface area contributed by atoms with E-state index in [0.29, 0.717) is 37.4 Å². The number of carbonyl (C=O) groups is 2. The highest BCUT2D eigenvalue weighted by atomic mass is 35.5. The van der Waals surface area contributed by atoms with Crippen LogP contribution < -0.4 is 5.32 Å². The Bertz CT molecular complexity index is 1070. The molecule has 2 aromatic rings. The highest BCUT2D eigenvalue weighted by Crippen LogP contribution is 2.38. The van der Waals surface area contributed by atoms with Crippen molar-refractivity contribution in [2.75, 3.05) is 6.54 Å². The molecule has 2 heterocycles. The summed E-state index contributed by atoms with van der Waals surface area (Å²) in [6.45, 7) is 1.19. The van der Waals surface area contributed by atoms with E-state index in [1.807, 2.05) is 23.1 Å². The highest BCUT2D eigenvalue weighted by molar-refractivity contribution is 6.35. The molecule has 0 bridgehead atoms. The lowest BCUT2D eigenvalue weighted by Crippen LogP contribution is -2.48. The Morgan fingerprint density at radius 3 is 2.73 bits per heavy atom. The van der Waals surface area contributed by atoms with E-state index >= 15 is 0 Å². The maximum absolute atomic E-state index is 13.5. The van der Waals surface area contributed by atoms with Crippen molar-refractivity contribution in [1.82, 2.24) is 15.2 Å². The largest absolute Gasteiger partial charge is 0.357 e. The zero-order valence-electron chi connectivity index (χ0n) is 16.8. The van der Waals surface area contributed by atoms with Gasteiger partial charge in [-0.25, -0.2) is 0 Å². The summed E-state index contributed by atoms with van der Waals surface area (Å²) in [5.74, 6) is -0.693. The van der Waals surface area contributed by atoms with E-state index in [-0.39, 0.29) is 23.7 Å². The molecule has 1 unspecified atom stereocenters. The summed E-state index contributed by atoms with van der Waals surface area (Å²) in [6.07, 6.45) is 5.54. The van der Waals surface area contributed by atoms with Crippen molar-refractivity contribution in [2.24, 2.45) is 11.8 Å². The normalized spacial score (nSPS) is 24.7. The van der Waals surface area contributed by atoms with Gasteiger partial charge in [0.2, 0.25) is 11.8 Å². The molecule has 0 radical (unpaired) electrons. The van der Waals surface area contributed by atoms with Crippen LogP contribution in [-0.2, 0) is 22.6 Å². The average molecular weight is 425 g/mol. The Kier molecular flexibility index (Phi) is 4.74. The van der Waals surface area contributed by atoms with Crippen LogP contribution in [0.3, 0.4) is 0 Å². The van der Waals surface area contributed by atoms with Crippen LogP contribution in [0.25, 0.3) is 10.9 Å². The fourth-order valence-electron chi connectivity index (χ4n) is 5.08. The zero-order valence-corrected chi connectivity index (χ0v) is 17.6. The first-order valence-corrected chi connectivity index (χ1v) is 11.2. The lowest BCUT2D eigenvalue weighted by atomic mass is 9.77.